The Balaban J connectivity index is 1.32. The predicted octanol–water partition coefficient (Wildman–Crippen LogP) is 3.11. The summed E-state index contributed by atoms with van der Waals surface area (Å²) in [5.74, 6) is 0.382. The van der Waals surface area contributed by atoms with Crippen molar-refractivity contribution in [1.29, 1.82) is 0 Å². The average molecular weight is 438 g/mol. The summed E-state index contributed by atoms with van der Waals surface area (Å²) >= 11 is 1.73. The van der Waals surface area contributed by atoms with Crippen LogP contribution in [0.5, 0.6) is 0 Å². The molecule has 1 saturated carbocycles. The number of hydrogen-bond donors (Lipinski definition) is 1. The largest absolute Gasteiger partial charge is 0.337 e. The Morgan fingerprint density at radius 3 is 2.94 bits per heavy atom. The molecule has 2 aliphatic heterocycles. The lowest BCUT2D eigenvalue weighted by Gasteiger charge is -2.34. The van der Waals surface area contributed by atoms with Gasteiger partial charge in [0, 0.05) is 31.5 Å². The van der Waals surface area contributed by atoms with E-state index in [4.69, 9.17) is 4.98 Å². The average Bonchev–Trinajstić information content (AvgIpc) is 3.35. The number of thiophene rings is 1. The number of nitrogens with zero attached hydrogens (tertiary/aromatic N) is 4. The van der Waals surface area contributed by atoms with Crippen LogP contribution in [0.15, 0.2) is 27.7 Å². The third-order valence-electron chi connectivity index (χ3n) is 6.96. The molecule has 1 atom stereocenters. The Bertz CT molecular complexity index is 1180. The van der Waals surface area contributed by atoms with Gasteiger partial charge in [-0.3, -0.25) is 19.6 Å². The van der Waals surface area contributed by atoms with Gasteiger partial charge < -0.3 is 4.90 Å². The second-order valence-corrected chi connectivity index (χ2v) is 9.93. The van der Waals surface area contributed by atoms with Crippen LogP contribution in [0.25, 0.3) is 5.65 Å². The highest BCUT2D eigenvalue weighted by Crippen LogP contribution is 2.33. The molecule has 3 aromatic heterocycles. The number of likely N-dealkylation sites (tertiary alicyclic amines) is 1. The Labute approximate surface area is 184 Å². The number of aromatic amines is 1. The first-order valence-corrected chi connectivity index (χ1v) is 12.3. The van der Waals surface area contributed by atoms with Gasteiger partial charge in [-0.25, -0.2) is 9.50 Å². The summed E-state index contributed by atoms with van der Waals surface area (Å²) in [5, 5.41) is 7.71. The van der Waals surface area contributed by atoms with Crippen molar-refractivity contribution in [2.45, 2.75) is 57.7 Å². The molecule has 3 aromatic rings. The fourth-order valence-corrected chi connectivity index (χ4v) is 5.76. The molecule has 1 aliphatic carbocycles. The van der Waals surface area contributed by atoms with Gasteiger partial charge in [-0.15, -0.1) is 0 Å². The summed E-state index contributed by atoms with van der Waals surface area (Å²) in [6, 6.07) is 4.51. The Hall–Kier alpha value is -2.45. The molecule has 0 radical (unpaired) electrons. The number of rotatable bonds is 4. The molecular weight excluding hydrogens is 410 g/mol. The monoisotopic (exact) mass is 437 g/mol. The SMILES string of the molecule is O=C(C1CC1)N1CCc2nc3cc([C@H]4CCCCN4Cc4ccsc4)[nH]n3c(=O)c2C1. The van der Waals surface area contributed by atoms with Crippen molar-refractivity contribution in [3.63, 3.8) is 0 Å². The fourth-order valence-electron chi connectivity index (χ4n) is 5.10. The number of carbonyl (C=O) groups excluding carboxylic acids is 1. The first-order chi connectivity index (χ1) is 15.2. The maximum absolute atomic E-state index is 13.3. The molecular formula is C23H27N5O2S. The number of carbonyl (C=O) groups is 1. The normalized spacial score (nSPS) is 22.1. The van der Waals surface area contributed by atoms with Crippen LogP contribution in [0.4, 0.5) is 0 Å². The van der Waals surface area contributed by atoms with E-state index in [-0.39, 0.29) is 23.4 Å². The van der Waals surface area contributed by atoms with Gasteiger partial charge in [0.05, 0.1) is 29.5 Å². The summed E-state index contributed by atoms with van der Waals surface area (Å²) in [6.07, 6.45) is 6.11. The molecule has 0 spiro atoms. The summed E-state index contributed by atoms with van der Waals surface area (Å²) in [6.45, 7) is 3.05. The molecule has 0 bridgehead atoms. The molecule has 1 saturated heterocycles. The standard InChI is InChI=1S/C23H27N5O2S/c29-22(16-4-5-16)27-9-6-18-17(13-27)23(30)28-21(24-18)11-19(25-28)20-3-1-2-8-26(20)12-15-7-10-31-14-15/h7,10-11,14,16,20,25H,1-6,8-9,12-13H2/t20-/m1/s1. The minimum Gasteiger partial charge on any atom is -0.337 e. The lowest BCUT2D eigenvalue weighted by atomic mass is 9.99. The zero-order valence-corrected chi connectivity index (χ0v) is 18.4. The first kappa shape index (κ1) is 19.3. The van der Waals surface area contributed by atoms with Crippen molar-refractivity contribution in [2.24, 2.45) is 5.92 Å². The van der Waals surface area contributed by atoms with Crippen molar-refractivity contribution < 1.29 is 4.79 Å². The first-order valence-electron chi connectivity index (χ1n) is 11.3. The fraction of sp³-hybridized carbons (Fsp3) is 0.522. The summed E-state index contributed by atoms with van der Waals surface area (Å²) in [4.78, 5) is 35.0. The van der Waals surface area contributed by atoms with Crippen molar-refractivity contribution in [3.8, 4) is 0 Å². The van der Waals surface area contributed by atoms with Crippen molar-refractivity contribution in [2.75, 3.05) is 13.1 Å². The molecule has 6 rings (SSSR count). The highest BCUT2D eigenvalue weighted by Gasteiger charge is 2.36. The molecule has 2 fully saturated rings. The number of fused-ring (bicyclic) bond motifs is 2. The molecule has 0 unspecified atom stereocenters. The molecule has 1 amide bonds. The van der Waals surface area contributed by atoms with E-state index in [0.29, 0.717) is 30.7 Å². The smallest absolute Gasteiger partial charge is 0.277 e. The number of hydrogen-bond acceptors (Lipinski definition) is 5. The molecule has 1 N–H and O–H groups in total. The van der Waals surface area contributed by atoms with Crippen LogP contribution < -0.4 is 5.56 Å². The van der Waals surface area contributed by atoms with Gasteiger partial charge in [0.25, 0.3) is 5.56 Å². The van der Waals surface area contributed by atoms with Crippen molar-refractivity contribution >= 4 is 22.9 Å². The zero-order valence-electron chi connectivity index (χ0n) is 17.5. The van der Waals surface area contributed by atoms with E-state index < -0.39 is 0 Å². The van der Waals surface area contributed by atoms with Crippen LogP contribution in [0.2, 0.25) is 0 Å². The van der Waals surface area contributed by atoms with Gasteiger partial charge in [0.2, 0.25) is 5.91 Å². The van der Waals surface area contributed by atoms with Crippen LogP contribution >= 0.6 is 11.3 Å². The van der Waals surface area contributed by atoms with Gasteiger partial charge >= 0.3 is 0 Å². The van der Waals surface area contributed by atoms with Gasteiger partial charge in [-0.05, 0) is 54.6 Å². The van der Waals surface area contributed by atoms with Crippen LogP contribution in [-0.2, 0) is 24.3 Å². The summed E-state index contributed by atoms with van der Waals surface area (Å²) in [5.41, 5.74) is 4.58. The minimum atomic E-state index is -0.0558. The second kappa shape index (κ2) is 7.60. The van der Waals surface area contributed by atoms with Crippen molar-refractivity contribution in [1.82, 2.24) is 24.4 Å². The van der Waals surface area contributed by atoms with Crippen LogP contribution in [-0.4, -0.2) is 43.4 Å². The quantitative estimate of drug-likeness (QED) is 0.681. The Morgan fingerprint density at radius 1 is 1.23 bits per heavy atom. The van der Waals surface area contributed by atoms with E-state index in [2.05, 4.69) is 32.9 Å². The maximum Gasteiger partial charge on any atom is 0.277 e. The Kier molecular flexibility index (Phi) is 4.72. The summed E-state index contributed by atoms with van der Waals surface area (Å²) < 4.78 is 1.59. The third-order valence-corrected chi connectivity index (χ3v) is 7.69. The Morgan fingerprint density at radius 2 is 2.13 bits per heavy atom. The van der Waals surface area contributed by atoms with E-state index >= 15 is 0 Å². The van der Waals surface area contributed by atoms with Crippen LogP contribution in [0.1, 0.15) is 60.7 Å². The van der Waals surface area contributed by atoms with Crippen LogP contribution in [0.3, 0.4) is 0 Å². The molecule has 5 heterocycles. The third kappa shape index (κ3) is 3.51. The highest BCUT2D eigenvalue weighted by molar-refractivity contribution is 7.07. The summed E-state index contributed by atoms with van der Waals surface area (Å²) in [7, 11) is 0. The van der Waals surface area contributed by atoms with Gasteiger partial charge in [-0.2, -0.15) is 11.3 Å². The lowest BCUT2D eigenvalue weighted by Crippen LogP contribution is -2.41. The zero-order chi connectivity index (χ0) is 20.9. The van der Waals surface area contributed by atoms with Crippen molar-refractivity contribution in [3.05, 3.63) is 55.8 Å². The molecule has 7 nitrogen and oxygen atoms in total. The number of aromatic nitrogens is 3. The number of piperidine rings is 1. The highest BCUT2D eigenvalue weighted by atomic mass is 32.1. The minimum absolute atomic E-state index is 0.0558. The van der Waals surface area contributed by atoms with E-state index in [1.54, 1.807) is 15.9 Å². The molecule has 8 heteroatoms. The number of nitrogens with one attached hydrogen (secondary N) is 1. The molecule has 3 aliphatic rings. The van der Waals surface area contributed by atoms with Gasteiger partial charge in [0.1, 0.15) is 0 Å². The van der Waals surface area contributed by atoms with Gasteiger partial charge in [0.15, 0.2) is 5.65 Å². The van der Waals surface area contributed by atoms with E-state index in [9.17, 15) is 9.59 Å². The maximum atomic E-state index is 13.3. The lowest BCUT2D eigenvalue weighted by molar-refractivity contribution is -0.133. The number of amides is 1. The molecule has 0 aromatic carbocycles. The van der Waals surface area contributed by atoms with Gasteiger partial charge in [-0.1, -0.05) is 6.42 Å². The molecule has 31 heavy (non-hydrogen) atoms. The second-order valence-electron chi connectivity index (χ2n) is 9.15. The number of H-pyrrole nitrogens is 1. The predicted molar refractivity (Wildman–Crippen MR) is 119 cm³/mol. The van der Waals surface area contributed by atoms with Crippen LogP contribution in [0, 0.1) is 5.92 Å². The van der Waals surface area contributed by atoms with E-state index in [1.807, 2.05) is 4.90 Å². The van der Waals surface area contributed by atoms with E-state index in [0.717, 1.165) is 43.7 Å². The topological polar surface area (TPSA) is 73.7 Å². The van der Waals surface area contributed by atoms with E-state index in [1.165, 1.54) is 18.4 Å². The molecule has 162 valence electrons.